The van der Waals surface area contributed by atoms with Gasteiger partial charge in [0.05, 0.1) is 6.04 Å². The van der Waals surface area contributed by atoms with Crippen molar-refractivity contribution >= 4 is 35.8 Å². The molecule has 0 saturated heterocycles. The van der Waals surface area contributed by atoms with Crippen LogP contribution in [-0.4, -0.2) is 50.1 Å². The maximum Gasteiger partial charge on any atom is 0.389 e. The number of unbranched alkanes of at least 4 members (excludes halogenated alkanes) is 1. The molecule has 0 spiro atoms. The lowest BCUT2D eigenvalue weighted by molar-refractivity contribution is -0.135. The minimum atomic E-state index is -4.13. The topological polar surface area (TPSA) is 56.7 Å². The summed E-state index contributed by atoms with van der Waals surface area (Å²) < 4.78 is 36.6. The van der Waals surface area contributed by atoms with Crippen LogP contribution in [0.15, 0.2) is 35.3 Å². The van der Waals surface area contributed by atoms with Crippen molar-refractivity contribution in [3.63, 3.8) is 0 Å². The molecule has 0 saturated carbocycles. The van der Waals surface area contributed by atoms with Crippen LogP contribution in [0.25, 0.3) is 0 Å². The Kier molecular flexibility index (Phi) is 12.1. The first-order chi connectivity index (χ1) is 12.2. The summed E-state index contributed by atoms with van der Waals surface area (Å²) in [7, 11) is 3.28. The van der Waals surface area contributed by atoms with Crippen molar-refractivity contribution in [1.82, 2.24) is 15.5 Å². The second kappa shape index (κ2) is 12.8. The lowest BCUT2D eigenvalue weighted by Crippen LogP contribution is -2.40. The molecular formula is C18H28F3IN4O. The summed E-state index contributed by atoms with van der Waals surface area (Å²) in [4.78, 5) is 17.4. The average molecular weight is 500 g/mol. The van der Waals surface area contributed by atoms with Gasteiger partial charge in [-0.2, -0.15) is 13.2 Å². The Morgan fingerprint density at radius 1 is 1.19 bits per heavy atom. The van der Waals surface area contributed by atoms with Crippen LogP contribution in [0.1, 0.15) is 37.8 Å². The van der Waals surface area contributed by atoms with Crippen LogP contribution in [-0.2, 0) is 4.79 Å². The first-order valence-corrected chi connectivity index (χ1v) is 8.55. The third-order valence-electron chi connectivity index (χ3n) is 3.70. The zero-order valence-electron chi connectivity index (χ0n) is 15.8. The summed E-state index contributed by atoms with van der Waals surface area (Å²) in [5.41, 5.74) is 1.04. The van der Waals surface area contributed by atoms with Crippen LogP contribution in [0.2, 0.25) is 0 Å². The number of nitrogens with one attached hydrogen (secondary N) is 2. The molecule has 1 atom stereocenters. The number of halogens is 4. The van der Waals surface area contributed by atoms with E-state index in [0.29, 0.717) is 18.9 Å². The fourth-order valence-corrected chi connectivity index (χ4v) is 2.13. The number of nitrogens with zero attached hydrogens (tertiary/aromatic N) is 2. The summed E-state index contributed by atoms with van der Waals surface area (Å²) in [6, 6.07) is 9.62. The molecule has 0 aromatic heterocycles. The third kappa shape index (κ3) is 11.7. The molecule has 27 heavy (non-hydrogen) atoms. The molecule has 0 fully saturated rings. The van der Waals surface area contributed by atoms with Gasteiger partial charge in [0.25, 0.3) is 0 Å². The molecule has 154 valence electrons. The Morgan fingerprint density at radius 2 is 1.81 bits per heavy atom. The lowest BCUT2D eigenvalue weighted by Gasteiger charge is -2.19. The van der Waals surface area contributed by atoms with Crippen molar-refractivity contribution in [2.45, 2.75) is 38.4 Å². The van der Waals surface area contributed by atoms with Crippen molar-refractivity contribution < 1.29 is 18.0 Å². The van der Waals surface area contributed by atoms with E-state index in [2.05, 4.69) is 15.6 Å². The Balaban J connectivity index is 0.00000676. The van der Waals surface area contributed by atoms with E-state index in [4.69, 9.17) is 0 Å². The molecule has 5 nitrogen and oxygen atoms in total. The number of aliphatic imine (C=N–C) groups is 1. The first kappa shape index (κ1) is 25.5. The lowest BCUT2D eigenvalue weighted by atomic mass is 10.1. The van der Waals surface area contributed by atoms with E-state index in [9.17, 15) is 18.0 Å². The van der Waals surface area contributed by atoms with E-state index in [-0.39, 0.29) is 48.9 Å². The number of guanidine groups is 1. The third-order valence-corrected chi connectivity index (χ3v) is 3.70. The molecule has 0 aliphatic heterocycles. The molecule has 1 unspecified atom stereocenters. The maximum absolute atomic E-state index is 12.2. The zero-order valence-corrected chi connectivity index (χ0v) is 18.2. The Hall–Kier alpha value is -1.52. The van der Waals surface area contributed by atoms with Crippen LogP contribution in [0.4, 0.5) is 13.2 Å². The highest BCUT2D eigenvalue weighted by Crippen LogP contribution is 2.21. The van der Waals surface area contributed by atoms with Gasteiger partial charge >= 0.3 is 6.18 Å². The Bertz CT molecular complexity index is 580. The van der Waals surface area contributed by atoms with Crippen LogP contribution in [0.3, 0.4) is 0 Å². The summed E-state index contributed by atoms with van der Waals surface area (Å²) in [6.07, 6.45) is -4.51. The second-order valence-corrected chi connectivity index (χ2v) is 6.23. The largest absolute Gasteiger partial charge is 0.389 e. The van der Waals surface area contributed by atoms with Gasteiger partial charge in [0, 0.05) is 27.1 Å². The summed E-state index contributed by atoms with van der Waals surface area (Å²) in [5, 5.41) is 6.18. The van der Waals surface area contributed by atoms with E-state index >= 15 is 0 Å². The number of likely N-dealkylation sites (N-methyl/N-ethyl adjacent to an activating group) is 1. The van der Waals surface area contributed by atoms with Crippen molar-refractivity contribution in [3.8, 4) is 0 Å². The van der Waals surface area contributed by atoms with E-state index in [0.717, 1.165) is 5.56 Å². The molecule has 9 heteroatoms. The maximum atomic E-state index is 12.2. The molecule has 0 aliphatic rings. The molecule has 1 aromatic rings. The second-order valence-electron chi connectivity index (χ2n) is 6.23. The van der Waals surface area contributed by atoms with E-state index < -0.39 is 12.6 Å². The molecule has 0 bridgehead atoms. The number of rotatable bonds is 8. The SMILES string of the molecule is CC(NC(=NCC(=O)N(C)C)NCCCCC(F)(F)F)c1ccccc1.I. The normalized spacial score (nSPS) is 12.7. The fourth-order valence-electron chi connectivity index (χ4n) is 2.13. The van der Waals surface area contributed by atoms with E-state index in [1.165, 1.54) is 4.90 Å². The van der Waals surface area contributed by atoms with Gasteiger partial charge in [-0.15, -0.1) is 24.0 Å². The number of hydrogen-bond donors (Lipinski definition) is 2. The molecule has 1 aromatic carbocycles. The predicted molar refractivity (Wildman–Crippen MR) is 112 cm³/mol. The van der Waals surface area contributed by atoms with Gasteiger partial charge in [-0.1, -0.05) is 30.3 Å². The number of benzene rings is 1. The number of carbonyl (C=O) groups excluding carboxylic acids is 1. The molecule has 2 N–H and O–H groups in total. The van der Waals surface area contributed by atoms with Crippen molar-refractivity contribution in [3.05, 3.63) is 35.9 Å². The van der Waals surface area contributed by atoms with Gasteiger partial charge in [-0.25, -0.2) is 4.99 Å². The molecular weight excluding hydrogens is 472 g/mol. The number of alkyl halides is 3. The van der Waals surface area contributed by atoms with Crippen molar-refractivity contribution in [2.24, 2.45) is 4.99 Å². The number of hydrogen-bond acceptors (Lipinski definition) is 2. The summed E-state index contributed by atoms with van der Waals surface area (Å²) in [5.74, 6) is 0.249. The Morgan fingerprint density at radius 3 is 2.37 bits per heavy atom. The molecule has 0 heterocycles. The standard InChI is InChI=1S/C18H27F3N4O.HI/c1-14(15-9-5-4-6-10-15)24-17(23-13-16(26)25(2)3)22-12-8-7-11-18(19,20)21;/h4-6,9-10,14H,7-8,11-13H2,1-3H3,(H2,22,23,24);1H. The van der Waals surface area contributed by atoms with Gasteiger partial charge < -0.3 is 15.5 Å². The van der Waals surface area contributed by atoms with Crippen LogP contribution >= 0.6 is 24.0 Å². The fraction of sp³-hybridized carbons (Fsp3) is 0.556. The van der Waals surface area contributed by atoms with Crippen LogP contribution in [0, 0.1) is 0 Å². The minimum absolute atomic E-state index is 0. The number of amides is 1. The first-order valence-electron chi connectivity index (χ1n) is 8.55. The quantitative estimate of drug-likeness (QED) is 0.248. The zero-order chi connectivity index (χ0) is 19.6. The number of carbonyl (C=O) groups is 1. The van der Waals surface area contributed by atoms with Gasteiger partial charge in [0.2, 0.25) is 5.91 Å². The monoisotopic (exact) mass is 500 g/mol. The van der Waals surface area contributed by atoms with E-state index in [1.54, 1.807) is 14.1 Å². The van der Waals surface area contributed by atoms with Crippen molar-refractivity contribution in [2.75, 3.05) is 27.2 Å². The van der Waals surface area contributed by atoms with Crippen LogP contribution in [0.5, 0.6) is 0 Å². The molecule has 1 rings (SSSR count). The molecule has 1 amide bonds. The highest BCUT2D eigenvalue weighted by atomic mass is 127. The summed E-state index contributed by atoms with van der Waals surface area (Å²) >= 11 is 0. The average Bonchev–Trinajstić information content (AvgIpc) is 2.58. The predicted octanol–water partition coefficient (Wildman–Crippen LogP) is 3.72. The van der Waals surface area contributed by atoms with Crippen molar-refractivity contribution in [1.29, 1.82) is 0 Å². The van der Waals surface area contributed by atoms with E-state index in [1.807, 2.05) is 37.3 Å². The molecule has 0 aliphatic carbocycles. The van der Waals surface area contributed by atoms with Gasteiger partial charge in [0.1, 0.15) is 6.54 Å². The minimum Gasteiger partial charge on any atom is -0.356 e. The highest BCUT2D eigenvalue weighted by Gasteiger charge is 2.25. The summed E-state index contributed by atoms with van der Waals surface area (Å²) in [6.45, 7) is 2.26. The highest BCUT2D eigenvalue weighted by molar-refractivity contribution is 14.0. The molecule has 0 radical (unpaired) electrons. The van der Waals surface area contributed by atoms with Gasteiger partial charge in [-0.3, -0.25) is 4.79 Å². The van der Waals surface area contributed by atoms with Gasteiger partial charge in [0.15, 0.2) is 5.96 Å². The van der Waals surface area contributed by atoms with Crippen LogP contribution < -0.4 is 10.6 Å². The Labute approximate surface area is 175 Å². The smallest absolute Gasteiger partial charge is 0.356 e. The van der Waals surface area contributed by atoms with Gasteiger partial charge in [-0.05, 0) is 25.3 Å².